The van der Waals surface area contributed by atoms with Crippen molar-refractivity contribution in [3.8, 4) is 0 Å². The van der Waals surface area contributed by atoms with Crippen LogP contribution in [0.5, 0.6) is 0 Å². The van der Waals surface area contributed by atoms with Gasteiger partial charge in [-0.3, -0.25) is 4.90 Å². The maximum atomic E-state index is 12.3. The summed E-state index contributed by atoms with van der Waals surface area (Å²) in [6.45, 7) is 4.25. The second kappa shape index (κ2) is 8.01. The van der Waals surface area contributed by atoms with E-state index in [4.69, 9.17) is 11.6 Å². The monoisotopic (exact) mass is 363 g/mol. The van der Waals surface area contributed by atoms with Crippen LogP contribution in [-0.4, -0.2) is 30.1 Å². The fourth-order valence-corrected chi connectivity index (χ4v) is 4.40. The molecule has 0 radical (unpaired) electrons. The summed E-state index contributed by atoms with van der Waals surface area (Å²) in [7, 11) is 0. The molecule has 4 nitrogen and oxygen atoms in total. The number of hydrogen-bond donors (Lipinski definition) is 2. The van der Waals surface area contributed by atoms with Crippen molar-refractivity contribution in [1.82, 2.24) is 10.2 Å². The summed E-state index contributed by atoms with van der Waals surface area (Å²) in [5.74, 6) is 0. The molecular weight excluding hydrogens is 342 g/mol. The first kappa shape index (κ1) is 17.3. The van der Waals surface area contributed by atoms with E-state index in [-0.39, 0.29) is 18.1 Å². The van der Waals surface area contributed by atoms with E-state index in [0.29, 0.717) is 10.7 Å². The molecule has 2 amide bonds. The van der Waals surface area contributed by atoms with Crippen LogP contribution in [0.15, 0.2) is 41.8 Å². The zero-order valence-electron chi connectivity index (χ0n) is 13.7. The predicted octanol–water partition coefficient (Wildman–Crippen LogP) is 4.75. The number of likely N-dealkylation sites (tertiary alicyclic amines) is 1. The van der Waals surface area contributed by atoms with Crippen molar-refractivity contribution >= 4 is 34.7 Å². The van der Waals surface area contributed by atoms with Crippen LogP contribution in [0.25, 0.3) is 0 Å². The molecule has 1 aliphatic heterocycles. The van der Waals surface area contributed by atoms with Gasteiger partial charge >= 0.3 is 6.03 Å². The quantitative estimate of drug-likeness (QED) is 0.805. The number of thiophene rings is 1. The summed E-state index contributed by atoms with van der Waals surface area (Å²) in [5, 5.41) is 8.64. The van der Waals surface area contributed by atoms with Gasteiger partial charge in [0.25, 0.3) is 0 Å². The van der Waals surface area contributed by atoms with E-state index < -0.39 is 0 Å². The largest absolute Gasteiger partial charge is 0.333 e. The summed E-state index contributed by atoms with van der Waals surface area (Å²) in [6, 6.07) is 11.4. The molecule has 6 heteroatoms. The van der Waals surface area contributed by atoms with Gasteiger partial charge in [-0.15, -0.1) is 11.3 Å². The molecule has 2 heterocycles. The molecule has 0 aliphatic carbocycles. The van der Waals surface area contributed by atoms with Gasteiger partial charge in [0.15, 0.2) is 0 Å². The Hall–Kier alpha value is -1.56. The van der Waals surface area contributed by atoms with Crippen molar-refractivity contribution in [2.75, 3.05) is 18.4 Å². The number of hydrogen-bond acceptors (Lipinski definition) is 3. The van der Waals surface area contributed by atoms with E-state index in [1.165, 1.54) is 17.7 Å². The standard InChI is InChI=1S/C18H22ClN3OS/c1-13(20-18(23)21-15-7-4-6-14(19)12-15)17(16-8-5-11-24-16)22-9-2-3-10-22/h4-8,11-13,17H,2-3,9-10H2,1H3,(H2,20,21,23)/t13-,17-/m1/s1. The Morgan fingerprint density at radius 3 is 2.71 bits per heavy atom. The second-order valence-electron chi connectivity index (χ2n) is 6.10. The molecule has 2 atom stereocenters. The Kier molecular flexibility index (Phi) is 5.76. The van der Waals surface area contributed by atoms with Gasteiger partial charge in [0.1, 0.15) is 0 Å². The summed E-state index contributed by atoms with van der Waals surface area (Å²) >= 11 is 7.71. The van der Waals surface area contributed by atoms with Gasteiger partial charge in [-0.05, 0) is 62.5 Å². The normalized spacial score (nSPS) is 17.4. The molecule has 3 rings (SSSR count). The highest BCUT2D eigenvalue weighted by Gasteiger charge is 2.29. The third kappa shape index (κ3) is 4.29. The highest BCUT2D eigenvalue weighted by atomic mass is 35.5. The van der Waals surface area contributed by atoms with E-state index in [9.17, 15) is 4.79 Å². The molecule has 1 aromatic heterocycles. The van der Waals surface area contributed by atoms with Gasteiger partial charge in [-0.2, -0.15) is 0 Å². The molecule has 2 aromatic rings. The molecule has 2 N–H and O–H groups in total. The third-order valence-electron chi connectivity index (χ3n) is 4.28. The Balaban J connectivity index is 1.66. The number of anilines is 1. The lowest BCUT2D eigenvalue weighted by atomic mass is 10.1. The zero-order chi connectivity index (χ0) is 16.9. The van der Waals surface area contributed by atoms with Crippen LogP contribution in [0.1, 0.15) is 30.7 Å². The fourth-order valence-electron chi connectivity index (χ4n) is 3.24. The molecule has 0 spiro atoms. The predicted molar refractivity (Wildman–Crippen MR) is 101 cm³/mol. The van der Waals surface area contributed by atoms with Gasteiger partial charge in [0, 0.05) is 21.6 Å². The Bertz CT molecular complexity index is 671. The minimum Gasteiger partial charge on any atom is -0.333 e. The van der Waals surface area contributed by atoms with Crippen LogP contribution >= 0.6 is 22.9 Å². The van der Waals surface area contributed by atoms with Crippen molar-refractivity contribution < 1.29 is 4.79 Å². The molecule has 0 unspecified atom stereocenters. The molecule has 1 aromatic carbocycles. The SMILES string of the molecule is C[C@@H](NC(=O)Nc1cccc(Cl)c1)[C@H](c1cccs1)N1CCCC1. The third-order valence-corrected chi connectivity index (χ3v) is 5.46. The van der Waals surface area contributed by atoms with Crippen molar-refractivity contribution in [3.63, 3.8) is 0 Å². The second-order valence-corrected chi connectivity index (χ2v) is 7.52. The Labute approximate surface area is 151 Å². The number of amides is 2. The van der Waals surface area contributed by atoms with Crippen molar-refractivity contribution in [2.45, 2.75) is 31.8 Å². The van der Waals surface area contributed by atoms with Crippen molar-refractivity contribution in [3.05, 3.63) is 51.7 Å². The molecule has 24 heavy (non-hydrogen) atoms. The first-order valence-electron chi connectivity index (χ1n) is 8.24. The van der Waals surface area contributed by atoms with Crippen LogP contribution in [0.4, 0.5) is 10.5 Å². The summed E-state index contributed by atoms with van der Waals surface area (Å²) in [6.07, 6.45) is 2.45. The van der Waals surface area contributed by atoms with Gasteiger partial charge in [0.05, 0.1) is 6.04 Å². The number of nitrogens with zero attached hydrogens (tertiary/aromatic N) is 1. The summed E-state index contributed by atoms with van der Waals surface area (Å²) in [5.41, 5.74) is 0.695. The molecule has 0 bridgehead atoms. The first-order chi connectivity index (χ1) is 11.6. The number of halogens is 1. The van der Waals surface area contributed by atoms with Gasteiger partial charge in [0.2, 0.25) is 0 Å². The maximum absolute atomic E-state index is 12.3. The van der Waals surface area contributed by atoms with Crippen LogP contribution in [0, 0.1) is 0 Å². The van der Waals surface area contributed by atoms with Crippen LogP contribution in [0.3, 0.4) is 0 Å². The number of carbonyl (C=O) groups is 1. The minimum absolute atomic E-state index is 0.0148. The molecule has 1 fully saturated rings. The topological polar surface area (TPSA) is 44.4 Å². The lowest BCUT2D eigenvalue weighted by molar-refractivity contribution is 0.200. The molecule has 1 saturated heterocycles. The van der Waals surface area contributed by atoms with Gasteiger partial charge in [-0.25, -0.2) is 4.79 Å². The van der Waals surface area contributed by atoms with Crippen molar-refractivity contribution in [2.24, 2.45) is 0 Å². The Morgan fingerprint density at radius 1 is 1.25 bits per heavy atom. The zero-order valence-corrected chi connectivity index (χ0v) is 15.2. The van der Waals surface area contributed by atoms with E-state index in [0.717, 1.165) is 13.1 Å². The van der Waals surface area contributed by atoms with Crippen LogP contribution in [-0.2, 0) is 0 Å². The van der Waals surface area contributed by atoms with Gasteiger partial charge < -0.3 is 10.6 Å². The number of rotatable bonds is 5. The van der Waals surface area contributed by atoms with Crippen LogP contribution < -0.4 is 10.6 Å². The number of carbonyl (C=O) groups excluding carboxylic acids is 1. The maximum Gasteiger partial charge on any atom is 0.319 e. The van der Waals surface area contributed by atoms with E-state index >= 15 is 0 Å². The fraction of sp³-hybridized carbons (Fsp3) is 0.389. The molecule has 128 valence electrons. The van der Waals surface area contributed by atoms with E-state index in [1.807, 2.05) is 12.1 Å². The number of urea groups is 1. The lowest BCUT2D eigenvalue weighted by Gasteiger charge is -2.32. The lowest BCUT2D eigenvalue weighted by Crippen LogP contribution is -2.45. The average Bonchev–Trinajstić information content (AvgIpc) is 3.21. The highest BCUT2D eigenvalue weighted by molar-refractivity contribution is 7.10. The van der Waals surface area contributed by atoms with Gasteiger partial charge in [-0.1, -0.05) is 23.7 Å². The van der Waals surface area contributed by atoms with Crippen LogP contribution in [0.2, 0.25) is 5.02 Å². The average molecular weight is 364 g/mol. The smallest absolute Gasteiger partial charge is 0.319 e. The Morgan fingerprint density at radius 2 is 2.04 bits per heavy atom. The first-order valence-corrected chi connectivity index (χ1v) is 9.50. The number of nitrogens with one attached hydrogen (secondary N) is 2. The molecule has 0 saturated carbocycles. The van der Waals surface area contributed by atoms with Crippen molar-refractivity contribution in [1.29, 1.82) is 0 Å². The number of benzene rings is 1. The summed E-state index contributed by atoms with van der Waals surface area (Å²) in [4.78, 5) is 16.1. The molecule has 1 aliphatic rings. The molecular formula is C18H22ClN3OS. The minimum atomic E-state index is -0.203. The van der Waals surface area contributed by atoms with E-state index in [2.05, 4.69) is 40.0 Å². The summed E-state index contributed by atoms with van der Waals surface area (Å²) < 4.78 is 0. The van der Waals surface area contributed by atoms with E-state index in [1.54, 1.807) is 23.5 Å². The highest BCUT2D eigenvalue weighted by Crippen LogP contribution is 2.31.